The Kier molecular flexibility index (Phi) is 3.62. The van der Waals surface area contributed by atoms with Gasteiger partial charge in [-0.25, -0.2) is 4.39 Å². The number of aryl methyl sites for hydroxylation is 1. The zero-order chi connectivity index (χ0) is 13.1. The molecule has 5 heteroatoms. The van der Waals surface area contributed by atoms with E-state index < -0.39 is 5.82 Å². The molecule has 1 aromatic carbocycles. The van der Waals surface area contributed by atoms with Gasteiger partial charge in [0.15, 0.2) is 0 Å². The third-order valence-electron chi connectivity index (χ3n) is 2.49. The van der Waals surface area contributed by atoms with E-state index in [9.17, 15) is 9.18 Å². The predicted molar refractivity (Wildman–Crippen MR) is 72.5 cm³/mol. The van der Waals surface area contributed by atoms with Gasteiger partial charge in [-0.05, 0) is 36.8 Å². The molecule has 0 aliphatic rings. The van der Waals surface area contributed by atoms with Crippen LogP contribution in [-0.2, 0) is 6.42 Å². The lowest BCUT2D eigenvalue weighted by Gasteiger charge is -2.04. The van der Waals surface area contributed by atoms with Gasteiger partial charge in [0.25, 0.3) is 5.91 Å². The Morgan fingerprint density at radius 1 is 1.39 bits per heavy atom. The zero-order valence-electron chi connectivity index (χ0n) is 9.87. The normalized spacial score (nSPS) is 10.3. The van der Waals surface area contributed by atoms with E-state index in [0.29, 0.717) is 10.6 Å². The van der Waals surface area contributed by atoms with Gasteiger partial charge < -0.3 is 11.1 Å². The van der Waals surface area contributed by atoms with Crippen molar-refractivity contribution in [2.75, 3.05) is 11.1 Å². The number of anilines is 2. The molecule has 3 N–H and O–H groups in total. The van der Waals surface area contributed by atoms with Gasteiger partial charge in [-0.15, -0.1) is 11.3 Å². The van der Waals surface area contributed by atoms with Crippen LogP contribution in [0.3, 0.4) is 0 Å². The summed E-state index contributed by atoms with van der Waals surface area (Å²) in [6.07, 6.45) is 0.904. The molecule has 1 aromatic heterocycles. The largest absolute Gasteiger partial charge is 0.396 e. The fourth-order valence-electron chi connectivity index (χ4n) is 1.50. The average Bonchev–Trinajstić information content (AvgIpc) is 2.82. The van der Waals surface area contributed by atoms with Crippen LogP contribution in [0, 0.1) is 5.82 Å². The Morgan fingerprint density at radius 3 is 2.78 bits per heavy atom. The first kappa shape index (κ1) is 12.6. The van der Waals surface area contributed by atoms with E-state index in [2.05, 4.69) is 5.32 Å². The Labute approximate surface area is 108 Å². The quantitative estimate of drug-likeness (QED) is 0.836. The Balaban J connectivity index is 2.13. The molecule has 1 amide bonds. The fraction of sp³-hybridized carbons (Fsp3) is 0.154. The minimum atomic E-state index is -0.489. The van der Waals surface area contributed by atoms with Gasteiger partial charge in [0.2, 0.25) is 0 Å². The standard InChI is InChI=1S/C13H13FN2OS/c1-2-9-4-6-12(18-9)13(17)16-8-3-5-10(14)11(15)7-8/h3-7H,2,15H2,1H3,(H,16,17). The lowest BCUT2D eigenvalue weighted by atomic mass is 10.2. The maximum atomic E-state index is 13.0. The molecule has 3 nitrogen and oxygen atoms in total. The number of thiophene rings is 1. The summed E-state index contributed by atoms with van der Waals surface area (Å²) in [5.41, 5.74) is 5.95. The number of hydrogen-bond acceptors (Lipinski definition) is 3. The van der Waals surface area contributed by atoms with Crippen molar-refractivity contribution in [3.05, 3.63) is 45.9 Å². The Morgan fingerprint density at radius 2 is 2.17 bits per heavy atom. The van der Waals surface area contributed by atoms with Crippen LogP contribution in [0.25, 0.3) is 0 Å². The van der Waals surface area contributed by atoms with E-state index in [1.54, 1.807) is 6.07 Å². The number of carbonyl (C=O) groups excluding carboxylic acids is 1. The topological polar surface area (TPSA) is 55.1 Å². The first-order chi connectivity index (χ1) is 8.60. The highest BCUT2D eigenvalue weighted by atomic mass is 32.1. The van der Waals surface area contributed by atoms with E-state index in [-0.39, 0.29) is 11.6 Å². The summed E-state index contributed by atoms with van der Waals surface area (Å²) in [7, 11) is 0. The summed E-state index contributed by atoms with van der Waals surface area (Å²) in [6.45, 7) is 2.04. The number of halogens is 1. The minimum Gasteiger partial charge on any atom is -0.396 e. The molecule has 2 aromatic rings. The third kappa shape index (κ3) is 2.68. The number of amides is 1. The molecule has 0 bridgehead atoms. The SMILES string of the molecule is CCc1ccc(C(=O)Nc2ccc(F)c(N)c2)s1. The van der Waals surface area contributed by atoms with Crippen LogP contribution in [0.15, 0.2) is 30.3 Å². The molecule has 0 saturated heterocycles. The van der Waals surface area contributed by atoms with Crippen LogP contribution >= 0.6 is 11.3 Å². The highest BCUT2D eigenvalue weighted by molar-refractivity contribution is 7.14. The maximum absolute atomic E-state index is 13.0. The van der Waals surface area contributed by atoms with Crippen molar-refractivity contribution in [2.24, 2.45) is 0 Å². The molecule has 0 fully saturated rings. The number of carbonyl (C=O) groups is 1. The smallest absolute Gasteiger partial charge is 0.265 e. The van der Waals surface area contributed by atoms with Crippen molar-refractivity contribution in [3.63, 3.8) is 0 Å². The summed E-state index contributed by atoms with van der Waals surface area (Å²) in [6, 6.07) is 7.83. The molecule has 0 spiro atoms. The zero-order valence-corrected chi connectivity index (χ0v) is 10.7. The van der Waals surface area contributed by atoms with Crippen LogP contribution in [0.2, 0.25) is 0 Å². The lowest BCUT2D eigenvalue weighted by Crippen LogP contribution is -2.10. The molecule has 1 heterocycles. The average molecular weight is 264 g/mol. The van der Waals surface area contributed by atoms with Crippen molar-refractivity contribution in [3.8, 4) is 0 Å². The van der Waals surface area contributed by atoms with Crippen LogP contribution in [0.5, 0.6) is 0 Å². The molecule has 18 heavy (non-hydrogen) atoms. The van der Waals surface area contributed by atoms with Crippen molar-refractivity contribution in [2.45, 2.75) is 13.3 Å². The number of nitrogens with two attached hydrogens (primary N) is 1. The van der Waals surface area contributed by atoms with Gasteiger partial charge in [-0.3, -0.25) is 4.79 Å². The fourth-order valence-corrected chi connectivity index (χ4v) is 2.35. The van der Waals surface area contributed by atoms with Crippen molar-refractivity contribution in [1.82, 2.24) is 0 Å². The first-order valence-electron chi connectivity index (χ1n) is 5.55. The van der Waals surface area contributed by atoms with Gasteiger partial charge in [-0.1, -0.05) is 6.92 Å². The molecular weight excluding hydrogens is 251 g/mol. The maximum Gasteiger partial charge on any atom is 0.265 e. The molecule has 0 unspecified atom stereocenters. The van der Waals surface area contributed by atoms with Crippen LogP contribution < -0.4 is 11.1 Å². The second-order valence-electron chi connectivity index (χ2n) is 3.81. The molecular formula is C13H13FN2OS. The lowest BCUT2D eigenvalue weighted by molar-refractivity contribution is 0.103. The molecule has 94 valence electrons. The van der Waals surface area contributed by atoms with Gasteiger partial charge in [0.05, 0.1) is 10.6 Å². The van der Waals surface area contributed by atoms with Crippen molar-refractivity contribution in [1.29, 1.82) is 0 Å². The highest BCUT2D eigenvalue weighted by Gasteiger charge is 2.09. The number of benzene rings is 1. The molecule has 0 radical (unpaired) electrons. The summed E-state index contributed by atoms with van der Waals surface area (Å²) in [4.78, 5) is 13.7. The summed E-state index contributed by atoms with van der Waals surface area (Å²) in [5.74, 6) is -0.692. The molecule has 0 aliphatic heterocycles. The second-order valence-corrected chi connectivity index (χ2v) is 4.98. The number of nitrogen functional groups attached to an aromatic ring is 1. The monoisotopic (exact) mass is 264 g/mol. The van der Waals surface area contributed by atoms with E-state index in [1.165, 1.54) is 29.5 Å². The van der Waals surface area contributed by atoms with Gasteiger partial charge in [0, 0.05) is 10.6 Å². The van der Waals surface area contributed by atoms with Gasteiger partial charge >= 0.3 is 0 Å². The summed E-state index contributed by atoms with van der Waals surface area (Å²) in [5, 5.41) is 2.69. The minimum absolute atomic E-state index is 0.0215. The molecule has 0 atom stereocenters. The van der Waals surface area contributed by atoms with Crippen molar-refractivity contribution >= 4 is 28.6 Å². The highest BCUT2D eigenvalue weighted by Crippen LogP contribution is 2.20. The van der Waals surface area contributed by atoms with Crippen molar-refractivity contribution < 1.29 is 9.18 Å². The molecule has 0 aliphatic carbocycles. The molecule has 0 saturated carbocycles. The molecule has 2 rings (SSSR count). The van der Waals surface area contributed by atoms with Crippen LogP contribution in [0.4, 0.5) is 15.8 Å². The second kappa shape index (κ2) is 5.18. The number of nitrogens with one attached hydrogen (secondary N) is 1. The van der Waals surface area contributed by atoms with E-state index in [1.807, 2.05) is 13.0 Å². The third-order valence-corrected chi connectivity index (χ3v) is 3.72. The summed E-state index contributed by atoms with van der Waals surface area (Å²) >= 11 is 1.45. The Bertz CT molecular complexity index is 580. The van der Waals surface area contributed by atoms with Gasteiger partial charge in [-0.2, -0.15) is 0 Å². The number of rotatable bonds is 3. The number of hydrogen-bond donors (Lipinski definition) is 2. The Hall–Kier alpha value is -1.88. The predicted octanol–water partition coefficient (Wildman–Crippen LogP) is 3.28. The van der Waals surface area contributed by atoms with Crippen LogP contribution in [0.1, 0.15) is 21.5 Å². The van der Waals surface area contributed by atoms with Crippen LogP contribution in [-0.4, -0.2) is 5.91 Å². The van der Waals surface area contributed by atoms with E-state index >= 15 is 0 Å². The van der Waals surface area contributed by atoms with Gasteiger partial charge in [0.1, 0.15) is 5.82 Å². The summed E-state index contributed by atoms with van der Waals surface area (Å²) < 4.78 is 13.0. The van der Waals surface area contributed by atoms with E-state index in [4.69, 9.17) is 5.73 Å². The van der Waals surface area contributed by atoms with E-state index in [0.717, 1.165) is 11.3 Å². The first-order valence-corrected chi connectivity index (χ1v) is 6.37.